The minimum atomic E-state index is -0.965. The number of benzene rings is 2. The molecular formula is C36H50N6O5. The molecule has 2 aromatic rings. The van der Waals surface area contributed by atoms with E-state index in [-0.39, 0.29) is 30.2 Å². The number of carbonyl (C=O) groups excluding carboxylic acids is 3. The second-order valence-electron chi connectivity index (χ2n) is 13.8. The van der Waals surface area contributed by atoms with Crippen LogP contribution in [0.4, 0.5) is 15.3 Å². The first-order chi connectivity index (χ1) is 22.7. The third kappa shape index (κ3) is 7.67. The number of nitrogens with one attached hydrogen (secondary N) is 1. The quantitative estimate of drug-likeness (QED) is 0.491. The highest BCUT2D eigenvalue weighted by Crippen LogP contribution is 2.27. The van der Waals surface area contributed by atoms with Crippen molar-refractivity contribution in [3.63, 3.8) is 0 Å². The molecule has 0 spiro atoms. The fourth-order valence-electron chi connectivity index (χ4n) is 7.72. The molecule has 3 fully saturated rings. The number of nitrogens with zero attached hydrogens (tertiary/aromatic N) is 5. The number of rotatable bonds is 6. The van der Waals surface area contributed by atoms with Crippen molar-refractivity contribution in [2.75, 3.05) is 71.3 Å². The Balaban J connectivity index is 1.08. The number of urea groups is 1. The van der Waals surface area contributed by atoms with Gasteiger partial charge in [0, 0.05) is 70.0 Å². The summed E-state index contributed by atoms with van der Waals surface area (Å²) in [5.41, 5.74) is 4.29. The second kappa shape index (κ2) is 14.5. The molecule has 6 rings (SSSR count). The third-order valence-corrected chi connectivity index (χ3v) is 10.6. The van der Waals surface area contributed by atoms with Crippen molar-refractivity contribution >= 4 is 23.7 Å². The number of anilines is 1. The van der Waals surface area contributed by atoms with Gasteiger partial charge in [-0.15, -0.1) is 0 Å². The normalized spacial score (nSPS) is 21.2. The molecule has 11 nitrogen and oxygen atoms in total. The van der Waals surface area contributed by atoms with Gasteiger partial charge in [-0.05, 0) is 94.4 Å². The number of phenolic OH excluding ortho intramolecular Hbond substituents is 1. The van der Waals surface area contributed by atoms with Crippen LogP contribution >= 0.6 is 0 Å². The highest BCUT2D eigenvalue weighted by atomic mass is 16.6. The van der Waals surface area contributed by atoms with Gasteiger partial charge in [-0.2, -0.15) is 0 Å². The van der Waals surface area contributed by atoms with E-state index in [1.807, 2.05) is 60.0 Å². The summed E-state index contributed by atoms with van der Waals surface area (Å²) in [7, 11) is 2.17. The Kier molecular flexibility index (Phi) is 10.2. The monoisotopic (exact) mass is 646 g/mol. The summed E-state index contributed by atoms with van der Waals surface area (Å²) < 4.78 is 6.06. The van der Waals surface area contributed by atoms with Gasteiger partial charge in [0.2, 0.25) is 0 Å². The Morgan fingerprint density at radius 3 is 2.19 bits per heavy atom. The van der Waals surface area contributed by atoms with Crippen molar-refractivity contribution in [1.82, 2.24) is 24.5 Å². The highest BCUT2D eigenvalue weighted by molar-refractivity contribution is 5.91. The standard InChI is InChI=1S/C36H50N6O5/c1-25-22-27(23-26(2)33(25)43)24-32(34(44)40-20-18-39(19-21-40)29-9-13-38(3)14-10-29)47-36(46)41-15-11-30(12-16-41)42-17-8-28-6-4-5-7-31(28)37-35(42)45/h4-7,22-23,29-30,32,43H,8-21,24H2,1-3H3,(H,37,45)/t32-/m1/s1. The summed E-state index contributed by atoms with van der Waals surface area (Å²) in [6.45, 7) is 10.3. The van der Waals surface area contributed by atoms with Crippen molar-refractivity contribution < 1.29 is 24.2 Å². The lowest BCUT2D eigenvalue weighted by atomic mass is 10.00. The molecule has 4 amide bonds. The first kappa shape index (κ1) is 33.1. The van der Waals surface area contributed by atoms with E-state index in [4.69, 9.17) is 4.74 Å². The van der Waals surface area contributed by atoms with Gasteiger partial charge in [-0.1, -0.05) is 30.3 Å². The Hall–Kier alpha value is -3.83. The molecule has 3 saturated heterocycles. The lowest BCUT2D eigenvalue weighted by Gasteiger charge is -2.42. The largest absolute Gasteiger partial charge is 0.507 e. The number of phenols is 1. The number of piperidine rings is 2. The zero-order valence-electron chi connectivity index (χ0n) is 28.1. The zero-order valence-corrected chi connectivity index (χ0v) is 28.1. The minimum Gasteiger partial charge on any atom is -0.507 e. The molecule has 47 heavy (non-hydrogen) atoms. The predicted octanol–water partition coefficient (Wildman–Crippen LogP) is 3.85. The number of hydrogen-bond acceptors (Lipinski definition) is 7. The summed E-state index contributed by atoms with van der Waals surface area (Å²) in [5.74, 6) is 0.0731. The summed E-state index contributed by atoms with van der Waals surface area (Å²) in [6.07, 6.45) is 3.16. The average Bonchev–Trinajstić information content (AvgIpc) is 3.25. The van der Waals surface area contributed by atoms with E-state index < -0.39 is 12.2 Å². The van der Waals surface area contributed by atoms with E-state index >= 15 is 0 Å². The summed E-state index contributed by atoms with van der Waals surface area (Å²) in [5, 5.41) is 13.4. The van der Waals surface area contributed by atoms with Crippen molar-refractivity contribution in [2.45, 2.75) is 70.6 Å². The van der Waals surface area contributed by atoms with E-state index in [9.17, 15) is 19.5 Å². The topological polar surface area (TPSA) is 109 Å². The van der Waals surface area contributed by atoms with Crippen molar-refractivity contribution in [3.8, 4) is 5.75 Å². The number of ether oxygens (including phenoxy) is 1. The molecule has 2 aromatic carbocycles. The number of hydrogen-bond donors (Lipinski definition) is 2. The molecule has 4 heterocycles. The second-order valence-corrected chi connectivity index (χ2v) is 13.8. The fraction of sp³-hybridized carbons (Fsp3) is 0.583. The first-order valence-electron chi connectivity index (χ1n) is 17.3. The van der Waals surface area contributed by atoms with E-state index in [1.54, 1.807) is 4.90 Å². The van der Waals surface area contributed by atoms with Crippen LogP contribution in [0, 0.1) is 13.8 Å². The van der Waals surface area contributed by atoms with Crippen LogP contribution in [0.3, 0.4) is 0 Å². The SMILES string of the molecule is Cc1cc(C[C@@H](OC(=O)N2CCC(N3CCc4ccccc4NC3=O)CC2)C(=O)N2CCN(C3CCN(C)CC3)CC2)cc(C)c1O. The number of para-hydroxylation sites is 1. The summed E-state index contributed by atoms with van der Waals surface area (Å²) in [6, 6.07) is 12.1. The molecular weight excluding hydrogens is 596 g/mol. The first-order valence-corrected chi connectivity index (χ1v) is 17.3. The Bertz CT molecular complexity index is 1420. The van der Waals surface area contributed by atoms with Crippen LogP contribution in [0.1, 0.15) is 47.9 Å². The van der Waals surface area contributed by atoms with Gasteiger partial charge in [0.05, 0.1) is 0 Å². The van der Waals surface area contributed by atoms with Crippen LogP contribution in [0.5, 0.6) is 5.75 Å². The summed E-state index contributed by atoms with van der Waals surface area (Å²) >= 11 is 0. The molecule has 4 aliphatic heterocycles. The Labute approximate surface area is 278 Å². The zero-order chi connectivity index (χ0) is 33.1. The van der Waals surface area contributed by atoms with Gasteiger partial charge >= 0.3 is 12.1 Å². The number of amides is 4. The van der Waals surface area contributed by atoms with Crippen molar-refractivity contribution in [1.29, 1.82) is 0 Å². The van der Waals surface area contributed by atoms with Gasteiger partial charge in [0.15, 0.2) is 6.10 Å². The van der Waals surface area contributed by atoms with Gasteiger partial charge in [-0.25, -0.2) is 9.59 Å². The molecule has 11 heteroatoms. The molecule has 0 aliphatic carbocycles. The molecule has 0 bridgehead atoms. The predicted molar refractivity (Wildman–Crippen MR) is 181 cm³/mol. The number of carbonyl (C=O) groups is 3. The fourth-order valence-corrected chi connectivity index (χ4v) is 7.72. The maximum absolute atomic E-state index is 14.0. The summed E-state index contributed by atoms with van der Waals surface area (Å²) in [4.78, 5) is 51.0. The van der Waals surface area contributed by atoms with E-state index in [2.05, 4.69) is 22.2 Å². The molecule has 4 aliphatic rings. The molecule has 0 unspecified atom stereocenters. The van der Waals surface area contributed by atoms with Crippen molar-refractivity contribution in [3.05, 3.63) is 58.7 Å². The van der Waals surface area contributed by atoms with Crippen LogP contribution in [-0.4, -0.2) is 132 Å². The van der Waals surface area contributed by atoms with E-state index in [0.29, 0.717) is 51.6 Å². The van der Waals surface area contributed by atoms with Gasteiger partial charge in [0.1, 0.15) is 5.75 Å². The molecule has 0 saturated carbocycles. The number of fused-ring (bicyclic) bond motifs is 1. The van der Waals surface area contributed by atoms with Crippen LogP contribution in [0.25, 0.3) is 0 Å². The van der Waals surface area contributed by atoms with Crippen LogP contribution in [0.2, 0.25) is 0 Å². The van der Waals surface area contributed by atoms with Crippen LogP contribution < -0.4 is 5.32 Å². The molecule has 1 atom stereocenters. The number of piperazine rings is 1. The maximum Gasteiger partial charge on any atom is 0.410 e. The average molecular weight is 647 g/mol. The van der Waals surface area contributed by atoms with E-state index in [1.165, 1.54) is 0 Å². The number of aromatic hydroxyl groups is 1. The van der Waals surface area contributed by atoms with Gasteiger partial charge < -0.3 is 34.8 Å². The highest BCUT2D eigenvalue weighted by Gasteiger charge is 2.36. The Morgan fingerprint density at radius 1 is 0.872 bits per heavy atom. The molecule has 254 valence electrons. The van der Waals surface area contributed by atoms with Crippen LogP contribution in [-0.2, 0) is 22.4 Å². The maximum atomic E-state index is 14.0. The number of likely N-dealkylation sites (tertiary alicyclic amines) is 2. The minimum absolute atomic E-state index is 0.0228. The third-order valence-electron chi connectivity index (χ3n) is 10.6. The lowest BCUT2D eigenvalue weighted by Crippen LogP contribution is -2.56. The van der Waals surface area contributed by atoms with Gasteiger partial charge in [0.25, 0.3) is 5.91 Å². The lowest BCUT2D eigenvalue weighted by molar-refractivity contribution is -0.143. The van der Waals surface area contributed by atoms with Crippen LogP contribution in [0.15, 0.2) is 36.4 Å². The van der Waals surface area contributed by atoms with Crippen molar-refractivity contribution in [2.24, 2.45) is 0 Å². The molecule has 0 aromatic heterocycles. The molecule has 2 N–H and O–H groups in total. The smallest absolute Gasteiger partial charge is 0.410 e. The van der Waals surface area contributed by atoms with E-state index in [0.717, 1.165) is 73.4 Å². The van der Waals surface area contributed by atoms with Gasteiger partial charge in [-0.3, -0.25) is 9.69 Å². The number of aryl methyl sites for hydroxylation is 2. The Morgan fingerprint density at radius 2 is 1.51 bits per heavy atom. The molecule has 0 radical (unpaired) electrons.